The molecule has 1 N–H and O–H groups in total. The van der Waals surface area contributed by atoms with E-state index in [4.69, 9.17) is 0 Å². The summed E-state index contributed by atoms with van der Waals surface area (Å²) in [5.74, 6) is 0.687. The molecule has 0 saturated heterocycles. The van der Waals surface area contributed by atoms with Crippen LogP contribution >= 0.6 is 11.8 Å². The molecule has 0 aliphatic rings. The number of aromatic amines is 1. The van der Waals surface area contributed by atoms with Crippen LogP contribution in [0.4, 0.5) is 0 Å². The molecule has 24 heavy (non-hydrogen) atoms. The minimum Gasteiger partial charge on any atom is -0.319 e. The number of fused-ring (bicyclic) bond motifs is 1. The quantitative estimate of drug-likeness (QED) is 0.580. The maximum atomic E-state index is 12.2. The zero-order chi connectivity index (χ0) is 16.4. The van der Waals surface area contributed by atoms with Crippen molar-refractivity contribution in [2.24, 2.45) is 0 Å². The van der Waals surface area contributed by atoms with Crippen molar-refractivity contribution in [2.75, 3.05) is 0 Å². The summed E-state index contributed by atoms with van der Waals surface area (Å²) >= 11 is 1.46. The topological polar surface area (TPSA) is 75.9 Å². The van der Waals surface area contributed by atoms with E-state index in [0.29, 0.717) is 16.6 Å². The molecule has 3 aromatic heterocycles. The van der Waals surface area contributed by atoms with Crippen LogP contribution in [0, 0.1) is 0 Å². The second kappa shape index (κ2) is 6.29. The van der Waals surface area contributed by atoms with Gasteiger partial charge >= 0.3 is 5.69 Å². The van der Waals surface area contributed by atoms with Crippen LogP contribution in [0.25, 0.3) is 16.9 Å². The molecule has 7 heteroatoms. The predicted octanol–water partition coefficient (Wildman–Crippen LogP) is 2.77. The average molecular weight is 335 g/mol. The van der Waals surface area contributed by atoms with E-state index in [1.807, 2.05) is 48.5 Å². The Kier molecular flexibility index (Phi) is 3.84. The van der Waals surface area contributed by atoms with Gasteiger partial charge in [-0.05, 0) is 11.6 Å². The van der Waals surface area contributed by atoms with Crippen LogP contribution in [0.15, 0.2) is 70.9 Å². The number of hydrogen-bond acceptors (Lipinski definition) is 5. The minimum atomic E-state index is -0.389. The molecule has 0 unspecified atom stereocenters. The summed E-state index contributed by atoms with van der Waals surface area (Å²) in [6.07, 6.45) is 3.54. The summed E-state index contributed by atoms with van der Waals surface area (Å²) < 4.78 is 1.29. The third kappa shape index (κ3) is 2.93. The van der Waals surface area contributed by atoms with Gasteiger partial charge in [0.25, 0.3) is 0 Å². The highest BCUT2D eigenvalue weighted by Crippen LogP contribution is 2.20. The van der Waals surface area contributed by atoms with Crippen molar-refractivity contribution >= 4 is 17.4 Å². The fourth-order valence-corrected chi connectivity index (χ4v) is 3.13. The van der Waals surface area contributed by atoms with Crippen molar-refractivity contribution in [1.29, 1.82) is 0 Å². The summed E-state index contributed by atoms with van der Waals surface area (Å²) in [5.41, 5.74) is 3.00. The summed E-state index contributed by atoms with van der Waals surface area (Å²) in [6, 6.07) is 15.5. The number of H-pyrrole nitrogens is 1. The molecule has 1 aromatic carbocycles. The van der Waals surface area contributed by atoms with E-state index in [1.54, 1.807) is 12.4 Å². The van der Waals surface area contributed by atoms with Gasteiger partial charge < -0.3 is 4.98 Å². The van der Waals surface area contributed by atoms with E-state index in [2.05, 4.69) is 20.1 Å². The smallest absolute Gasteiger partial charge is 0.319 e. The molecule has 0 radical (unpaired) electrons. The monoisotopic (exact) mass is 335 g/mol. The van der Waals surface area contributed by atoms with E-state index in [0.717, 1.165) is 16.8 Å². The Morgan fingerprint density at radius 2 is 2.00 bits per heavy atom. The summed E-state index contributed by atoms with van der Waals surface area (Å²) in [6.45, 7) is 0. The van der Waals surface area contributed by atoms with Crippen molar-refractivity contribution in [3.8, 4) is 11.3 Å². The molecule has 0 amide bonds. The zero-order valence-electron chi connectivity index (χ0n) is 12.6. The van der Waals surface area contributed by atoms with Crippen molar-refractivity contribution in [2.45, 2.75) is 10.9 Å². The lowest BCUT2D eigenvalue weighted by atomic mass is 10.2. The Balaban J connectivity index is 1.66. The number of hydrogen-bond donors (Lipinski definition) is 1. The highest BCUT2D eigenvalue weighted by molar-refractivity contribution is 7.98. The molecule has 0 aliphatic heterocycles. The molecule has 0 saturated carbocycles. The summed E-state index contributed by atoms with van der Waals surface area (Å²) in [4.78, 5) is 23.5. The van der Waals surface area contributed by atoms with Gasteiger partial charge in [0.2, 0.25) is 0 Å². The summed E-state index contributed by atoms with van der Waals surface area (Å²) in [7, 11) is 0. The fraction of sp³-hybridized carbons (Fsp3) is 0.0588. The number of nitrogens with one attached hydrogen (secondary N) is 1. The lowest BCUT2D eigenvalue weighted by molar-refractivity contribution is 0.788. The van der Waals surface area contributed by atoms with Gasteiger partial charge in [-0.1, -0.05) is 48.2 Å². The Hall–Kier alpha value is -2.93. The highest BCUT2D eigenvalue weighted by Gasteiger charge is 2.09. The third-order valence-corrected chi connectivity index (χ3v) is 4.44. The molecule has 4 aromatic rings. The largest absolute Gasteiger partial charge is 0.372 e. The SMILES string of the molecule is O=c1nc(SCc2cccnc2)[nH]c2cc(-c3ccccc3)nn12. The maximum Gasteiger partial charge on any atom is 0.372 e. The van der Waals surface area contributed by atoms with Gasteiger partial charge in [-0.25, -0.2) is 4.79 Å². The second-order valence-electron chi connectivity index (χ2n) is 5.17. The number of benzene rings is 1. The first-order valence-corrected chi connectivity index (χ1v) is 8.35. The maximum absolute atomic E-state index is 12.2. The minimum absolute atomic E-state index is 0.389. The Morgan fingerprint density at radius 1 is 1.12 bits per heavy atom. The van der Waals surface area contributed by atoms with Gasteiger partial charge in [-0.3, -0.25) is 4.98 Å². The molecule has 0 spiro atoms. The first-order valence-electron chi connectivity index (χ1n) is 7.37. The van der Waals surface area contributed by atoms with Gasteiger partial charge in [0.15, 0.2) is 5.16 Å². The molecular weight excluding hydrogens is 322 g/mol. The van der Waals surface area contributed by atoms with Crippen molar-refractivity contribution in [3.05, 3.63) is 77.0 Å². The second-order valence-corrected chi connectivity index (χ2v) is 6.13. The lowest BCUT2D eigenvalue weighted by Gasteiger charge is -2.01. The Labute approximate surface area is 141 Å². The number of aromatic nitrogens is 5. The molecule has 3 heterocycles. The Bertz CT molecular complexity index is 1030. The first-order chi connectivity index (χ1) is 11.8. The molecule has 6 nitrogen and oxygen atoms in total. The lowest BCUT2D eigenvalue weighted by Crippen LogP contribution is -2.19. The molecule has 0 bridgehead atoms. The molecule has 0 aliphatic carbocycles. The molecular formula is C17H13N5OS. The van der Waals surface area contributed by atoms with Crippen molar-refractivity contribution in [1.82, 2.24) is 24.6 Å². The number of nitrogens with zero attached hydrogens (tertiary/aromatic N) is 4. The fourth-order valence-electron chi connectivity index (χ4n) is 2.34. The zero-order valence-corrected chi connectivity index (χ0v) is 13.4. The molecule has 118 valence electrons. The number of pyridine rings is 1. The first kappa shape index (κ1) is 14.6. The van der Waals surface area contributed by atoms with Gasteiger partial charge in [-0.2, -0.15) is 14.6 Å². The highest BCUT2D eigenvalue weighted by atomic mass is 32.2. The molecule has 4 rings (SSSR count). The standard InChI is InChI=1S/C17H13N5OS/c23-17-20-16(24-11-12-5-4-8-18-10-12)19-15-9-14(21-22(15)17)13-6-2-1-3-7-13/h1-10H,11H2,(H,19,20,23). The average Bonchev–Trinajstić information content (AvgIpc) is 3.06. The van der Waals surface area contributed by atoms with Crippen LogP contribution in [0.2, 0.25) is 0 Å². The van der Waals surface area contributed by atoms with Crippen LogP contribution in [0.1, 0.15) is 5.56 Å². The van der Waals surface area contributed by atoms with Gasteiger partial charge in [0.1, 0.15) is 5.65 Å². The normalized spacial score (nSPS) is 11.0. The van der Waals surface area contributed by atoms with Gasteiger partial charge in [-0.15, -0.1) is 0 Å². The third-order valence-electron chi connectivity index (χ3n) is 3.49. The molecule has 0 fully saturated rings. The molecule has 0 atom stereocenters. The number of rotatable bonds is 4. The van der Waals surface area contributed by atoms with E-state index in [-0.39, 0.29) is 5.69 Å². The van der Waals surface area contributed by atoms with E-state index in [9.17, 15) is 4.79 Å². The Morgan fingerprint density at radius 3 is 2.79 bits per heavy atom. The van der Waals surface area contributed by atoms with E-state index >= 15 is 0 Å². The van der Waals surface area contributed by atoms with Crippen LogP contribution < -0.4 is 5.69 Å². The van der Waals surface area contributed by atoms with Gasteiger partial charge in [0, 0.05) is 29.8 Å². The van der Waals surface area contributed by atoms with Crippen LogP contribution in [0.3, 0.4) is 0 Å². The van der Waals surface area contributed by atoms with E-state index in [1.165, 1.54) is 16.3 Å². The van der Waals surface area contributed by atoms with Crippen LogP contribution in [-0.4, -0.2) is 24.6 Å². The predicted molar refractivity (Wildman–Crippen MR) is 92.8 cm³/mol. The number of thioether (sulfide) groups is 1. The summed E-state index contributed by atoms with van der Waals surface area (Å²) in [5, 5.41) is 4.90. The van der Waals surface area contributed by atoms with Crippen LogP contribution in [-0.2, 0) is 5.75 Å². The van der Waals surface area contributed by atoms with Crippen molar-refractivity contribution in [3.63, 3.8) is 0 Å². The van der Waals surface area contributed by atoms with Crippen molar-refractivity contribution < 1.29 is 0 Å². The van der Waals surface area contributed by atoms with Crippen LogP contribution in [0.5, 0.6) is 0 Å². The van der Waals surface area contributed by atoms with Gasteiger partial charge in [0.05, 0.1) is 5.69 Å². The van der Waals surface area contributed by atoms with E-state index < -0.39 is 0 Å².